The van der Waals surface area contributed by atoms with Gasteiger partial charge in [0.15, 0.2) is 0 Å². The summed E-state index contributed by atoms with van der Waals surface area (Å²) in [6, 6.07) is 0. The zero-order valence-electron chi connectivity index (χ0n) is 8.39. The van der Waals surface area contributed by atoms with Crippen LogP contribution in [0.15, 0.2) is 12.4 Å². The monoisotopic (exact) mass is 196 g/mol. The molecule has 1 aromatic rings. The molecule has 78 valence electrons. The molecular formula is C10H16N2O2. The van der Waals surface area contributed by atoms with E-state index in [1.54, 1.807) is 10.9 Å². The zero-order chi connectivity index (χ0) is 9.97. The molecule has 0 spiro atoms. The summed E-state index contributed by atoms with van der Waals surface area (Å²) in [5.41, 5.74) is 1.09. The molecule has 2 unspecified atom stereocenters. The maximum atomic E-state index is 9.89. The summed E-state index contributed by atoms with van der Waals surface area (Å²) < 4.78 is 7.00. The van der Waals surface area contributed by atoms with Crippen LogP contribution in [0.2, 0.25) is 0 Å². The lowest BCUT2D eigenvalue weighted by Gasteiger charge is -2.14. The van der Waals surface area contributed by atoms with Crippen molar-refractivity contribution < 1.29 is 9.84 Å². The van der Waals surface area contributed by atoms with Gasteiger partial charge in [0, 0.05) is 32.2 Å². The molecule has 1 aliphatic rings. The Bertz CT molecular complexity index is 292. The van der Waals surface area contributed by atoms with E-state index in [1.165, 1.54) is 0 Å². The van der Waals surface area contributed by atoms with Gasteiger partial charge in [0.25, 0.3) is 0 Å². The Morgan fingerprint density at radius 3 is 3.21 bits per heavy atom. The molecule has 1 saturated heterocycles. The van der Waals surface area contributed by atoms with E-state index >= 15 is 0 Å². The molecule has 2 atom stereocenters. The Morgan fingerprint density at radius 1 is 1.79 bits per heavy atom. The van der Waals surface area contributed by atoms with Crippen LogP contribution in [0.3, 0.4) is 0 Å². The van der Waals surface area contributed by atoms with E-state index in [1.807, 2.05) is 13.2 Å². The van der Waals surface area contributed by atoms with Gasteiger partial charge in [-0.25, -0.2) is 0 Å². The number of aliphatic hydroxyl groups is 1. The second-order valence-corrected chi connectivity index (χ2v) is 3.92. The van der Waals surface area contributed by atoms with E-state index in [2.05, 4.69) is 5.10 Å². The summed E-state index contributed by atoms with van der Waals surface area (Å²) in [7, 11) is 1.88. The summed E-state index contributed by atoms with van der Waals surface area (Å²) in [5.74, 6) is 0.301. The molecule has 1 fully saturated rings. The van der Waals surface area contributed by atoms with Crippen molar-refractivity contribution in [2.75, 3.05) is 13.2 Å². The van der Waals surface area contributed by atoms with Gasteiger partial charge in [-0.1, -0.05) is 0 Å². The Morgan fingerprint density at radius 2 is 2.64 bits per heavy atom. The number of aromatic nitrogens is 2. The van der Waals surface area contributed by atoms with Crippen molar-refractivity contribution in [3.05, 3.63) is 18.0 Å². The van der Waals surface area contributed by atoms with Crippen molar-refractivity contribution in [3.8, 4) is 0 Å². The van der Waals surface area contributed by atoms with Gasteiger partial charge in [-0.05, 0) is 12.0 Å². The number of ether oxygens (including phenoxy) is 1. The quantitative estimate of drug-likeness (QED) is 0.759. The third-order valence-electron chi connectivity index (χ3n) is 2.71. The molecule has 4 heteroatoms. The van der Waals surface area contributed by atoms with Gasteiger partial charge in [-0.2, -0.15) is 5.10 Å². The minimum absolute atomic E-state index is 0.290. The van der Waals surface area contributed by atoms with Crippen molar-refractivity contribution in [2.45, 2.75) is 18.9 Å². The van der Waals surface area contributed by atoms with Crippen LogP contribution in [-0.4, -0.2) is 34.2 Å². The highest BCUT2D eigenvalue weighted by atomic mass is 16.5. The van der Waals surface area contributed by atoms with Crippen LogP contribution in [0.25, 0.3) is 0 Å². The lowest BCUT2D eigenvalue weighted by Crippen LogP contribution is -2.22. The Kier molecular flexibility index (Phi) is 2.84. The molecule has 2 rings (SSSR count). The fourth-order valence-electron chi connectivity index (χ4n) is 1.84. The number of hydrogen-bond acceptors (Lipinski definition) is 3. The molecule has 1 N–H and O–H groups in total. The van der Waals surface area contributed by atoms with E-state index in [0.29, 0.717) is 18.9 Å². The van der Waals surface area contributed by atoms with E-state index < -0.39 is 0 Å². The fraction of sp³-hybridized carbons (Fsp3) is 0.700. The topological polar surface area (TPSA) is 47.3 Å². The highest BCUT2D eigenvalue weighted by Gasteiger charge is 2.24. The van der Waals surface area contributed by atoms with Crippen LogP contribution < -0.4 is 0 Å². The van der Waals surface area contributed by atoms with Crippen molar-refractivity contribution in [2.24, 2.45) is 13.0 Å². The zero-order valence-corrected chi connectivity index (χ0v) is 8.39. The van der Waals surface area contributed by atoms with Crippen molar-refractivity contribution in [1.29, 1.82) is 0 Å². The van der Waals surface area contributed by atoms with Crippen molar-refractivity contribution in [1.82, 2.24) is 9.78 Å². The normalized spacial score (nSPS) is 24.0. The number of aryl methyl sites for hydroxylation is 1. The summed E-state index contributed by atoms with van der Waals surface area (Å²) in [6.07, 6.45) is 5.11. The molecule has 0 saturated carbocycles. The Hall–Kier alpha value is -0.870. The van der Waals surface area contributed by atoms with Gasteiger partial charge < -0.3 is 9.84 Å². The number of nitrogens with zero attached hydrogens (tertiary/aromatic N) is 2. The molecule has 14 heavy (non-hydrogen) atoms. The maximum absolute atomic E-state index is 9.89. The molecule has 0 aromatic carbocycles. The van der Waals surface area contributed by atoms with Gasteiger partial charge in [0.05, 0.1) is 18.9 Å². The highest BCUT2D eigenvalue weighted by Crippen LogP contribution is 2.19. The van der Waals surface area contributed by atoms with E-state index in [0.717, 1.165) is 18.6 Å². The predicted octanol–water partition coefficient (Wildman–Crippen LogP) is 0.360. The van der Waals surface area contributed by atoms with E-state index in [4.69, 9.17) is 4.74 Å². The number of hydrogen-bond donors (Lipinski definition) is 1. The van der Waals surface area contributed by atoms with Crippen LogP contribution in [0.1, 0.15) is 12.0 Å². The first-order valence-electron chi connectivity index (χ1n) is 4.99. The highest BCUT2D eigenvalue weighted by molar-refractivity contribution is 5.05. The molecule has 1 aromatic heterocycles. The summed E-state index contributed by atoms with van der Waals surface area (Å²) in [6.45, 7) is 1.48. The Balaban J connectivity index is 1.90. The van der Waals surface area contributed by atoms with Crippen LogP contribution in [0, 0.1) is 5.92 Å². The largest absolute Gasteiger partial charge is 0.392 e. The molecule has 0 amide bonds. The second kappa shape index (κ2) is 4.11. The molecule has 2 heterocycles. The summed E-state index contributed by atoms with van der Waals surface area (Å²) in [4.78, 5) is 0. The van der Waals surface area contributed by atoms with Crippen LogP contribution in [0.4, 0.5) is 0 Å². The average Bonchev–Trinajstić information content (AvgIpc) is 2.75. The minimum Gasteiger partial charge on any atom is -0.392 e. The van der Waals surface area contributed by atoms with Gasteiger partial charge in [-0.15, -0.1) is 0 Å². The summed E-state index contributed by atoms with van der Waals surface area (Å²) >= 11 is 0. The predicted molar refractivity (Wildman–Crippen MR) is 51.8 cm³/mol. The second-order valence-electron chi connectivity index (χ2n) is 3.92. The van der Waals surface area contributed by atoms with Crippen molar-refractivity contribution >= 4 is 0 Å². The molecule has 4 nitrogen and oxygen atoms in total. The minimum atomic E-state index is -0.290. The van der Waals surface area contributed by atoms with E-state index in [9.17, 15) is 5.11 Å². The van der Waals surface area contributed by atoms with Gasteiger partial charge >= 0.3 is 0 Å². The summed E-state index contributed by atoms with van der Waals surface area (Å²) in [5, 5.41) is 14.0. The molecule has 0 bridgehead atoms. The third-order valence-corrected chi connectivity index (χ3v) is 2.71. The standard InChI is InChI=1S/C10H16N2O2/c1-12-6-8(5-11-12)4-10(13)9-2-3-14-7-9/h5-6,9-10,13H,2-4,7H2,1H3. The van der Waals surface area contributed by atoms with Gasteiger partial charge in [0.1, 0.15) is 0 Å². The van der Waals surface area contributed by atoms with Crippen molar-refractivity contribution in [3.63, 3.8) is 0 Å². The molecule has 1 aliphatic heterocycles. The van der Waals surface area contributed by atoms with Gasteiger partial charge in [-0.3, -0.25) is 4.68 Å². The Labute approximate surface area is 83.5 Å². The molecule has 0 aliphatic carbocycles. The van der Waals surface area contributed by atoms with Gasteiger partial charge in [0.2, 0.25) is 0 Å². The van der Waals surface area contributed by atoms with E-state index in [-0.39, 0.29) is 6.10 Å². The lowest BCUT2D eigenvalue weighted by atomic mass is 9.97. The first-order chi connectivity index (χ1) is 6.75. The first-order valence-corrected chi connectivity index (χ1v) is 4.99. The maximum Gasteiger partial charge on any atom is 0.0632 e. The van der Waals surface area contributed by atoms with Crippen LogP contribution >= 0.6 is 0 Å². The lowest BCUT2D eigenvalue weighted by molar-refractivity contribution is 0.0918. The number of aliphatic hydroxyl groups excluding tert-OH is 1. The average molecular weight is 196 g/mol. The fourth-order valence-corrected chi connectivity index (χ4v) is 1.84. The SMILES string of the molecule is Cn1cc(CC(O)C2CCOC2)cn1. The molecular weight excluding hydrogens is 180 g/mol. The third kappa shape index (κ3) is 2.13. The smallest absolute Gasteiger partial charge is 0.0632 e. The number of rotatable bonds is 3. The first kappa shape index (κ1) is 9.68. The molecule has 0 radical (unpaired) electrons. The van der Waals surface area contributed by atoms with Crippen LogP contribution in [-0.2, 0) is 18.2 Å². The van der Waals surface area contributed by atoms with Crippen LogP contribution in [0.5, 0.6) is 0 Å².